The summed E-state index contributed by atoms with van der Waals surface area (Å²) in [6.45, 7) is 8.51. The molecule has 3 heterocycles. The van der Waals surface area contributed by atoms with Gasteiger partial charge in [0, 0.05) is 32.0 Å². The highest BCUT2D eigenvalue weighted by Gasteiger charge is 2.50. The van der Waals surface area contributed by atoms with Crippen LogP contribution in [0.4, 0.5) is 27.6 Å². The number of carbonyl (C=O) groups excluding carboxylic acids is 2. The fraction of sp³-hybridized carbons (Fsp3) is 0.559. The molecular formula is C34H41F5N4O5. The molecule has 14 heteroatoms. The van der Waals surface area contributed by atoms with Crippen LogP contribution in [0.2, 0.25) is 0 Å². The predicted octanol–water partition coefficient (Wildman–Crippen LogP) is 6.58. The molecule has 1 unspecified atom stereocenters. The van der Waals surface area contributed by atoms with E-state index in [9.17, 15) is 22.8 Å². The fourth-order valence-corrected chi connectivity index (χ4v) is 6.47. The molecule has 9 nitrogen and oxygen atoms in total. The number of amidine groups is 1. The number of rotatable bonds is 7. The molecular weight excluding hydrogens is 639 g/mol. The molecule has 0 aliphatic carbocycles. The van der Waals surface area contributed by atoms with E-state index in [4.69, 9.17) is 14.2 Å². The molecule has 0 aromatic heterocycles. The van der Waals surface area contributed by atoms with Gasteiger partial charge in [0.05, 0.1) is 24.8 Å². The van der Waals surface area contributed by atoms with E-state index < -0.39 is 41.6 Å². The van der Waals surface area contributed by atoms with Crippen molar-refractivity contribution in [2.75, 3.05) is 25.1 Å². The van der Waals surface area contributed by atoms with E-state index in [1.165, 1.54) is 7.11 Å². The van der Waals surface area contributed by atoms with Gasteiger partial charge in [0.1, 0.15) is 23.6 Å². The second kappa shape index (κ2) is 13.2. The van der Waals surface area contributed by atoms with E-state index in [2.05, 4.69) is 10.5 Å². The van der Waals surface area contributed by atoms with Crippen molar-refractivity contribution >= 4 is 23.4 Å². The number of hydrogen-bond acceptors (Lipinski definition) is 8. The van der Waals surface area contributed by atoms with E-state index in [0.29, 0.717) is 49.7 Å². The normalized spacial score (nSPS) is 21.9. The SMILES string of the molecule is COc1cccc([C@H]2O[C@H](CC(=O)N3CCC(CC(=O)OC(C)(C)C)CC3)C3=NNC(C(C)(F)F)N3c3ccc(C(F)(F)F)cc32)c1C. The van der Waals surface area contributed by atoms with E-state index in [1.807, 2.05) is 0 Å². The fourth-order valence-electron chi connectivity index (χ4n) is 6.47. The lowest BCUT2D eigenvalue weighted by Gasteiger charge is -2.34. The number of likely N-dealkylation sites (tertiary alicyclic amines) is 1. The first-order valence-electron chi connectivity index (χ1n) is 15.9. The summed E-state index contributed by atoms with van der Waals surface area (Å²) in [7, 11) is 1.46. The molecule has 1 fully saturated rings. The van der Waals surface area contributed by atoms with Gasteiger partial charge in [-0.2, -0.15) is 18.3 Å². The molecule has 0 spiro atoms. The molecule has 1 saturated heterocycles. The average molecular weight is 681 g/mol. The van der Waals surface area contributed by atoms with Crippen LogP contribution in [-0.2, 0) is 25.2 Å². The quantitative estimate of drug-likeness (QED) is 0.261. The number of piperidine rings is 1. The highest BCUT2D eigenvalue weighted by atomic mass is 19.4. The molecule has 5 rings (SSSR count). The number of nitrogens with zero attached hydrogens (tertiary/aromatic N) is 3. The summed E-state index contributed by atoms with van der Waals surface area (Å²) in [5.74, 6) is -3.61. The molecule has 2 aromatic rings. The third-order valence-corrected chi connectivity index (χ3v) is 8.80. The third kappa shape index (κ3) is 7.53. The Labute approximate surface area is 276 Å². The van der Waals surface area contributed by atoms with Crippen LogP contribution in [0.5, 0.6) is 5.75 Å². The number of carbonyl (C=O) groups is 2. The van der Waals surface area contributed by atoms with Gasteiger partial charge in [0.15, 0.2) is 12.0 Å². The zero-order valence-electron chi connectivity index (χ0n) is 27.8. The zero-order valence-corrected chi connectivity index (χ0v) is 27.8. The average Bonchev–Trinajstić information content (AvgIpc) is 3.39. The first kappa shape index (κ1) is 35.4. The maximum Gasteiger partial charge on any atom is 0.416 e. The van der Waals surface area contributed by atoms with Gasteiger partial charge in [0.25, 0.3) is 5.92 Å². The molecule has 3 aliphatic rings. The number of hydrazone groups is 1. The lowest BCUT2D eigenvalue weighted by Crippen LogP contribution is -2.53. The summed E-state index contributed by atoms with van der Waals surface area (Å²) in [5.41, 5.74) is 1.91. The van der Waals surface area contributed by atoms with Gasteiger partial charge in [-0.15, -0.1) is 0 Å². The van der Waals surface area contributed by atoms with E-state index >= 15 is 8.78 Å². The van der Waals surface area contributed by atoms with Gasteiger partial charge in [-0.1, -0.05) is 12.1 Å². The summed E-state index contributed by atoms with van der Waals surface area (Å²) in [5, 5.41) is 4.19. The number of nitrogens with one attached hydrogen (secondary N) is 1. The Morgan fingerprint density at radius 1 is 1.00 bits per heavy atom. The molecule has 3 atom stereocenters. The number of amides is 1. The second-order valence-corrected chi connectivity index (χ2v) is 13.6. The minimum Gasteiger partial charge on any atom is -0.496 e. The zero-order chi connectivity index (χ0) is 35.2. The molecule has 2 aromatic carbocycles. The predicted molar refractivity (Wildman–Crippen MR) is 168 cm³/mol. The van der Waals surface area contributed by atoms with Gasteiger partial charge in [-0.05, 0) is 81.8 Å². The molecule has 48 heavy (non-hydrogen) atoms. The Morgan fingerprint density at radius 3 is 2.29 bits per heavy atom. The second-order valence-electron chi connectivity index (χ2n) is 13.6. The van der Waals surface area contributed by atoms with Crippen molar-refractivity contribution in [2.45, 2.75) is 96.4 Å². The number of halogens is 5. The van der Waals surface area contributed by atoms with Gasteiger partial charge in [0.2, 0.25) is 5.91 Å². The molecule has 1 N–H and O–H groups in total. The number of fused-ring (bicyclic) bond motifs is 3. The van der Waals surface area contributed by atoms with Gasteiger partial charge >= 0.3 is 12.1 Å². The van der Waals surface area contributed by atoms with E-state index in [1.54, 1.807) is 50.8 Å². The monoisotopic (exact) mass is 680 g/mol. The number of anilines is 1. The number of alkyl halides is 5. The highest BCUT2D eigenvalue weighted by molar-refractivity contribution is 6.05. The molecule has 3 aliphatic heterocycles. The minimum absolute atomic E-state index is 0.00951. The van der Waals surface area contributed by atoms with Gasteiger partial charge < -0.3 is 19.1 Å². The van der Waals surface area contributed by atoms with Crippen molar-refractivity contribution in [3.8, 4) is 5.75 Å². The van der Waals surface area contributed by atoms with Crippen molar-refractivity contribution < 1.29 is 45.8 Å². The molecule has 1 amide bonds. The summed E-state index contributed by atoms with van der Waals surface area (Å²) in [6.07, 6.45) is -7.85. The van der Waals surface area contributed by atoms with Crippen molar-refractivity contribution in [1.29, 1.82) is 0 Å². The summed E-state index contributed by atoms with van der Waals surface area (Å²) in [4.78, 5) is 28.9. The Balaban J connectivity index is 1.49. The Hall–Kier alpha value is -3.94. The molecule has 0 bridgehead atoms. The van der Waals surface area contributed by atoms with Gasteiger partial charge in [-0.3, -0.25) is 19.9 Å². The maximum atomic E-state index is 15.1. The Morgan fingerprint density at radius 2 is 1.69 bits per heavy atom. The van der Waals surface area contributed by atoms with Crippen LogP contribution < -0.4 is 15.1 Å². The number of benzene rings is 2. The van der Waals surface area contributed by atoms with Crippen molar-refractivity contribution in [3.05, 3.63) is 58.7 Å². The van der Waals surface area contributed by atoms with Crippen LogP contribution in [0.1, 0.15) is 81.7 Å². The van der Waals surface area contributed by atoms with Crippen LogP contribution in [0.15, 0.2) is 41.5 Å². The number of ether oxygens (including phenoxy) is 3. The van der Waals surface area contributed by atoms with Crippen LogP contribution >= 0.6 is 0 Å². The minimum atomic E-state index is -4.73. The third-order valence-electron chi connectivity index (χ3n) is 8.80. The number of esters is 1. The first-order valence-corrected chi connectivity index (χ1v) is 15.9. The molecule has 262 valence electrons. The summed E-state index contributed by atoms with van der Waals surface area (Å²) < 4.78 is 89.7. The molecule has 0 saturated carbocycles. The standard InChI is InChI=1S/C34H41F5N4O5/c1-19-22(8-7-9-25(19)46-6)29-23-17-21(34(37,38)39)10-11-24(23)43-30(40-41-31(43)33(5,35)36)26(47-29)18-27(44)42-14-12-20(13-15-42)16-28(45)48-32(2,3)4/h7-11,17,20,26,29,31,41H,12-16,18H2,1-6H3/t26-,29-,31?/m1/s1. The summed E-state index contributed by atoms with van der Waals surface area (Å²) in [6, 6.07) is 7.90. The van der Waals surface area contributed by atoms with E-state index in [-0.39, 0.29) is 47.7 Å². The maximum absolute atomic E-state index is 15.1. The smallest absolute Gasteiger partial charge is 0.416 e. The van der Waals surface area contributed by atoms with Crippen LogP contribution in [0, 0.1) is 12.8 Å². The topological polar surface area (TPSA) is 92.7 Å². The van der Waals surface area contributed by atoms with Crippen molar-refractivity contribution in [2.24, 2.45) is 11.0 Å². The Bertz CT molecular complexity index is 1560. The van der Waals surface area contributed by atoms with Crippen LogP contribution in [0.3, 0.4) is 0 Å². The highest BCUT2D eigenvalue weighted by Crippen LogP contribution is 2.46. The lowest BCUT2D eigenvalue weighted by atomic mass is 9.93. The number of methoxy groups -OCH3 is 1. The number of hydrogen-bond donors (Lipinski definition) is 1. The molecule has 0 radical (unpaired) electrons. The van der Waals surface area contributed by atoms with Gasteiger partial charge in [-0.25, -0.2) is 8.78 Å². The lowest BCUT2D eigenvalue weighted by molar-refractivity contribution is -0.156. The van der Waals surface area contributed by atoms with Crippen molar-refractivity contribution in [1.82, 2.24) is 10.3 Å². The largest absolute Gasteiger partial charge is 0.496 e. The Kier molecular flexibility index (Phi) is 9.70. The van der Waals surface area contributed by atoms with E-state index in [0.717, 1.165) is 23.1 Å². The van der Waals surface area contributed by atoms with Crippen LogP contribution in [0.25, 0.3) is 0 Å². The first-order chi connectivity index (χ1) is 22.4. The van der Waals surface area contributed by atoms with Crippen LogP contribution in [-0.4, -0.2) is 66.6 Å². The van der Waals surface area contributed by atoms with Crippen molar-refractivity contribution in [3.63, 3.8) is 0 Å². The summed E-state index contributed by atoms with van der Waals surface area (Å²) >= 11 is 0.